The first kappa shape index (κ1) is 24.1. The van der Waals surface area contributed by atoms with Gasteiger partial charge < -0.3 is 9.13 Å². The fourth-order valence-corrected chi connectivity index (χ4v) is 5.92. The number of benzene rings is 1. The van der Waals surface area contributed by atoms with Crippen LogP contribution in [-0.2, 0) is 23.1 Å². The molecule has 3 heterocycles. The minimum absolute atomic E-state index is 0.0172. The number of pyridine rings is 1. The second-order valence-electron chi connectivity index (χ2n) is 8.72. The number of nitrogens with zero attached hydrogens (tertiary/aromatic N) is 3. The molecule has 0 bridgehead atoms. The van der Waals surface area contributed by atoms with Gasteiger partial charge in [0.15, 0.2) is 5.78 Å². The van der Waals surface area contributed by atoms with E-state index in [1.54, 1.807) is 18.2 Å². The van der Waals surface area contributed by atoms with Crippen molar-refractivity contribution in [2.24, 2.45) is 0 Å². The molecule has 0 spiro atoms. The maximum Gasteiger partial charge on any atom is 0.251 e. The summed E-state index contributed by atoms with van der Waals surface area (Å²) in [6.45, 7) is 4.84. The molecule has 1 aromatic carbocycles. The number of Topliss-reactive ketones (excluding diaryl/α,β-unsaturated/α-hetero) is 1. The van der Waals surface area contributed by atoms with Crippen LogP contribution in [0, 0.1) is 19.7 Å². The van der Waals surface area contributed by atoms with Gasteiger partial charge in [-0.25, -0.2) is 12.8 Å². The summed E-state index contributed by atoms with van der Waals surface area (Å²) >= 11 is 0. The first-order chi connectivity index (χ1) is 16.2. The Balaban J connectivity index is 1.58. The summed E-state index contributed by atoms with van der Waals surface area (Å²) in [6, 6.07) is 10.5. The first-order valence-electron chi connectivity index (χ1n) is 11.3. The summed E-state index contributed by atoms with van der Waals surface area (Å²) in [5.41, 5.74) is 2.52. The molecule has 0 aliphatic carbocycles. The summed E-state index contributed by atoms with van der Waals surface area (Å²) in [5.74, 6) is -0.594. The SMILES string of the molecule is Cc1cc(C(=O)Cn2cc(S(=O)(=O)N3CCCCC3)ccc2=O)c(C)n1Cc1ccc(F)cc1. The van der Waals surface area contributed by atoms with Crippen molar-refractivity contribution in [3.05, 3.63) is 87.3 Å². The summed E-state index contributed by atoms with van der Waals surface area (Å²) in [6.07, 6.45) is 3.89. The van der Waals surface area contributed by atoms with Gasteiger partial charge in [-0.3, -0.25) is 9.59 Å². The number of sulfonamides is 1. The van der Waals surface area contributed by atoms with Crippen LogP contribution < -0.4 is 5.56 Å². The first-order valence-corrected chi connectivity index (χ1v) is 12.8. The number of halogens is 1. The van der Waals surface area contributed by atoms with E-state index in [0.29, 0.717) is 25.2 Å². The highest BCUT2D eigenvalue weighted by molar-refractivity contribution is 7.89. The largest absolute Gasteiger partial charge is 0.344 e. The molecule has 180 valence electrons. The van der Waals surface area contributed by atoms with Crippen molar-refractivity contribution in [3.8, 4) is 0 Å². The van der Waals surface area contributed by atoms with Crippen molar-refractivity contribution in [1.82, 2.24) is 13.4 Å². The van der Waals surface area contributed by atoms with E-state index in [1.165, 1.54) is 34.8 Å². The van der Waals surface area contributed by atoms with E-state index in [-0.39, 0.29) is 23.0 Å². The van der Waals surface area contributed by atoms with Crippen LogP contribution in [0.4, 0.5) is 4.39 Å². The molecule has 1 saturated heterocycles. The lowest BCUT2D eigenvalue weighted by Crippen LogP contribution is -2.36. The molecule has 34 heavy (non-hydrogen) atoms. The van der Waals surface area contributed by atoms with Gasteiger partial charge >= 0.3 is 0 Å². The molecular formula is C25H28FN3O4S. The van der Waals surface area contributed by atoms with Crippen molar-refractivity contribution in [3.63, 3.8) is 0 Å². The van der Waals surface area contributed by atoms with E-state index in [9.17, 15) is 22.4 Å². The minimum atomic E-state index is -3.72. The average molecular weight is 486 g/mol. The van der Waals surface area contributed by atoms with Gasteiger partial charge in [0.1, 0.15) is 5.82 Å². The standard InChI is InChI=1S/C25H28FN3O4S/c1-18-14-23(19(2)29(18)15-20-6-8-21(26)9-7-20)24(30)17-27-16-22(10-11-25(27)31)34(32,33)28-12-4-3-5-13-28/h6-11,14,16H,3-5,12-13,15,17H2,1-2H3. The van der Waals surface area contributed by atoms with Gasteiger partial charge in [0.05, 0.1) is 11.4 Å². The molecule has 1 aliphatic rings. The van der Waals surface area contributed by atoms with Crippen LogP contribution in [0.25, 0.3) is 0 Å². The van der Waals surface area contributed by atoms with Crippen LogP contribution >= 0.6 is 0 Å². The van der Waals surface area contributed by atoms with E-state index in [2.05, 4.69) is 0 Å². The average Bonchev–Trinajstić information content (AvgIpc) is 3.10. The molecule has 0 N–H and O–H groups in total. The van der Waals surface area contributed by atoms with Crippen LogP contribution in [0.2, 0.25) is 0 Å². The highest BCUT2D eigenvalue weighted by atomic mass is 32.2. The zero-order valence-electron chi connectivity index (χ0n) is 19.3. The molecular weight excluding hydrogens is 457 g/mol. The highest BCUT2D eigenvalue weighted by Gasteiger charge is 2.27. The molecule has 3 aromatic rings. The highest BCUT2D eigenvalue weighted by Crippen LogP contribution is 2.21. The Bertz CT molecular complexity index is 1370. The molecule has 0 amide bonds. The number of aryl methyl sites for hydroxylation is 1. The van der Waals surface area contributed by atoms with Gasteiger partial charge in [-0.1, -0.05) is 18.6 Å². The molecule has 0 unspecified atom stereocenters. The number of aromatic nitrogens is 2. The smallest absolute Gasteiger partial charge is 0.251 e. The van der Waals surface area contributed by atoms with Gasteiger partial charge in [-0.2, -0.15) is 4.31 Å². The van der Waals surface area contributed by atoms with Crippen molar-refractivity contribution in [2.45, 2.75) is 51.1 Å². The zero-order valence-corrected chi connectivity index (χ0v) is 20.1. The van der Waals surface area contributed by atoms with E-state index >= 15 is 0 Å². The van der Waals surface area contributed by atoms with E-state index in [4.69, 9.17) is 0 Å². The zero-order chi connectivity index (χ0) is 24.5. The number of piperidine rings is 1. The lowest BCUT2D eigenvalue weighted by Gasteiger charge is -2.26. The third-order valence-corrected chi connectivity index (χ3v) is 8.23. The molecule has 1 fully saturated rings. The quantitative estimate of drug-likeness (QED) is 0.480. The molecule has 0 radical (unpaired) electrons. The molecule has 1 aliphatic heterocycles. The Morgan fingerprint density at radius 3 is 2.35 bits per heavy atom. The van der Waals surface area contributed by atoms with Crippen LogP contribution in [-0.4, -0.2) is 40.7 Å². The van der Waals surface area contributed by atoms with Crippen LogP contribution in [0.15, 0.2) is 58.4 Å². The van der Waals surface area contributed by atoms with Crippen molar-refractivity contribution in [1.29, 1.82) is 0 Å². The predicted molar refractivity (Wildman–Crippen MR) is 127 cm³/mol. The van der Waals surface area contributed by atoms with Crippen LogP contribution in [0.1, 0.15) is 46.6 Å². The fourth-order valence-electron chi connectivity index (χ4n) is 4.38. The second kappa shape index (κ2) is 9.68. The molecule has 7 nitrogen and oxygen atoms in total. The minimum Gasteiger partial charge on any atom is -0.344 e. The second-order valence-corrected chi connectivity index (χ2v) is 10.7. The number of hydrogen-bond acceptors (Lipinski definition) is 4. The molecule has 9 heteroatoms. The van der Waals surface area contributed by atoms with Gasteiger partial charge in [-0.15, -0.1) is 0 Å². The summed E-state index contributed by atoms with van der Waals surface area (Å²) in [7, 11) is -3.72. The Kier molecular flexibility index (Phi) is 6.86. The van der Waals surface area contributed by atoms with Crippen molar-refractivity contribution in [2.75, 3.05) is 13.1 Å². The molecule has 2 aromatic heterocycles. The third-order valence-electron chi connectivity index (χ3n) is 6.35. The third kappa shape index (κ3) is 4.90. The normalized spacial score (nSPS) is 14.9. The number of carbonyl (C=O) groups is 1. The lowest BCUT2D eigenvalue weighted by molar-refractivity contribution is 0.0969. The van der Waals surface area contributed by atoms with Gasteiger partial charge in [0.25, 0.3) is 5.56 Å². The molecule has 0 saturated carbocycles. The number of carbonyl (C=O) groups excluding carboxylic acids is 1. The maximum absolute atomic E-state index is 13.2. The van der Waals surface area contributed by atoms with Crippen molar-refractivity contribution >= 4 is 15.8 Å². The summed E-state index contributed by atoms with van der Waals surface area (Å²) < 4.78 is 43.8. The summed E-state index contributed by atoms with van der Waals surface area (Å²) in [4.78, 5) is 25.6. The van der Waals surface area contributed by atoms with Crippen LogP contribution in [0.3, 0.4) is 0 Å². The van der Waals surface area contributed by atoms with E-state index in [1.807, 2.05) is 18.4 Å². The Labute approximate surface area is 198 Å². The Morgan fingerprint density at radius 2 is 1.68 bits per heavy atom. The lowest BCUT2D eigenvalue weighted by atomic mass is 10.1. The van der Waals surface area contributed by atoms with Gasteiger partial charge in [0.2, 0.25) is 10.0 Å². The predicted octanol–water partition coefficient (Wildman–Crippen LogP) is 3.51. The fraction of sp³-hybridized carbons (Fsp3) is 0.360. The number of hydrogen-bond donors (Lipinski definition) is 0. The van der Waals surface area contributed by atoms with Gasteiger partial charge in [0, 0.05) is 48.8 Å². The van der Waals surface area contributed by atoms with Gasteiger partial charge in [-0.05, 0) is 56.5 Å². The maximum atomic E-state index is 13.2. The van der Waals surface area contributed by atoms with E-state index < -0.39 is 15.6 Å². The van der Waals surface area contributed by atoms with Crippen LogP contribution in [0.5, 0.6) is 0 Å². The van der Waals surface area contributed by atoms with Crippen molar-refractivity contribution < 1.29 is 17.6 Å². The Hall–Kier alpha value is -3.04. The Morgan fingerprint density at radius 1 is 1.00 bits per heavy atom. The van der Waals surface area contributed by atoms with E-state index in [0.717, 1.165) is 40.8 Å². The number of ketones is 1. The molecule has 4 rings (SSSR count). The monoisotopic (exact) mass is 485 g/mol. The summed E-state index contributed by atoms with van der Waals surface area (Å²) in [5, 5.41) is 0. The molecule has 0 atom stereocenters. The topological polar surface area (TPSA) is 81.4 Å². The number of rotatable bonds is 7.